The summed E-state index contributed by atoms with van der Waals surface area (Å²) in [6.45, 7) is 2.74. The molecule has 2 unspecified atom stereocenters. The number of aryl methyl sites for hydroxylation is 1. The molecule has 2 bridgehead atoms. The highest BCUT2D eigenvalue weighted by atomic mass is 32.2. The Balaban J connectivity index is 1.88. The maximum atomic E-state index is 11.6. The van der Waals surface area contributed by atoms with Gasteiger partial charge in [0.25, 0.3) is 0 Å². The van der Waals surface area contributed by atoms with Crippen molar-refractivity contribution in [2.24, 2.45) is 0 Å². The minimum absolute atomic E-state index is 0.126. The van der Waals surface area contributed by atoms with E-state index in [1.54, 1.807) is 0 Å². The van der Waals surface area contributed by atoms with E-state index in [4.69, 9.17) is 0 Å². The second kappa shape index (κ2) is 3.23. The quantitative estimate of drug-likeness (QED) is 0.740. The molecule has 1 aromatic rings. The molecule has 0 N–H and O–H groups in total. The summed E-state index contributed by atoms with van der Waals surface area (Å²) in [4.78, 5) is 2.24. The van der Waals surface area contributed by atoms with Crippen molar-refractivity contribution in [3.8, 4) is 0 Å². The monoisotopic (exact) mass is 237 g/mol. The third kappa shape index (κ3) is 1.44. The van der Waals surface area contributed by atoms with Gasteiger partial charge in [0.05, 0.1) is 11.0 Å². The van der Waals surface area contributed by atoms with Gasteiger partial charge in [-0.25, -0.2) is 8.42 Å². The van der Waals surface area contributed by atoms with Gasteiger partial charge in [-0.05, 0) is 25.5 Å². The highest BCUT2D eigenvalue weighted by molar-refractivity contribution is 7.92. The van der Waals surface area contributed by atoms with Gasteiger partial charge in [-0.15, -0.1) is 0 Å². The van der Waals surface area contributed by atoms with E-state index in [1.807, 2.05) is 0 Å². The molecule has 3 rings (SSSR count). The van der Waals surface area contributed by atoms with E-state index in [-0.39, 0.29) is 11.3 Å². The molecule has 0 aliphatic carbocycles. The molecule has 0 aromatic heterocycles. The largest absolute Gasteiger partial charge is 0.366 e. The van der Waals surface area contributed by atoms with E-state index in [0.717, 1.165) is 12.1 Å². The summed E-state index contributed by atoms with van der Waals surface area (Å²) in [7, 11) is -2.78. The van der Waals surface area contributed by atoms with Crippen LogP contribution in [-0.4, -0.2) is 32.0 Å². The summed E-state index contributed by atoms with van der Waals surface area (Å²) in [6, 6.07) is 8.54. The summed E-state index contributed by atoms with van der Waals surface area (Å²) in [6.07, 6.45) is 0.816. The van der Waals surface area contributed by atoms with Crippen LogP contribution in [0.15, 0.2) is 24.3 Å². The minimum Gasteiger partial charge on any atom is -0.366 e. The molecule has 3 nitrogen and oxygen atoms in total. The molecule has 2 aliphatic heterocycles. The lowest BCUT2D eigenvalue weighted by molar-refractivity contribution is 0.585. The molecular weight excluding hydrogens is 222 g/mol. The van der Waals surface area contributed by atoms with Gasteiger partial charge in [-0.1, -0.05) is 17.7 Å². The standard InChI is InChI=1S/C12H15NO2S/c1-9-2-4-10(5-3-9)13-7-12-6-11(13)8-16(12,14)15/h2-5,11-12H,6-8H2,1H3. The Hall–Kier alpha value is -1.03. The van der Waals surface area contributed by atoms with Crippen LogP contribution >= 0.6 is 0 Å². The van der Waals surface area contributed by atoms with E-state index in [2.05, 4.69) is 36.1 Å². The predicted molar refractivity (Wildman–Crippen MR) is 64.5 cm³/mol. The first kappa shape index (κ1) is 10.1. The van der Waals surface area contributed by atoms with Crippen LogP contribution in [0.4, 0.5) is 5.69 Å². The Kier molecular flexibility index (Phi) is 2.05. The molecule has 0 saturated carbocycles. The fraction of sp³-hybridized carbons (Fsp3) is 0.500. The summed E-state index contributed by atoms with van der Waals surface area (Å²) in [5.41, 5.74) is 2.40. The second-order valence-corrected chi connectivity index (χ2v) is 7.15. The number of benzene rings is 1. The van der Waals surface area contributed by atoms with Crippen LogP contribution in [0, 0.1) is 6.92 Å². The molecule has 0 radical (unpaired) electrons. The van der Waals surface area contributed by atoms with Crippen LogP contribution in [0.2, 0.25) is 0 Å². The Morgan fingerprint density at radius 2 is 1.94 bits per heavy atom. The second-order valence-electron chi connectivity index (χ2n) is 4.83. The van der Waals surface area contributed by atoms with Crippen LogP contribution in [0.1, 0.15) is 12.0 Å². The molecular formula is C12H15NO2S. The number of anilines is 1. The topological polar surface area (TPSA) is 37.4 Å². The molecule has 2 atom stereocenters. The van der Waals surface area contributed by atoms with Gasteiger partial charge >= 0.3 is 0 Å². The Morgan fingerprint density at radius 1 is 1.25 bits per heavy atom. The van der Waals surface area contributed by atoms with Gasteiger partial charge in [0, 0.05) is 18.3 Å². The summed E-state index contributed by atoms with van der Waals surface area (Å²) in [5.74, 6) is 0.339. The van der Waals surface area contributed by atoms with Crippen molar-refractivity contribution in [1.82, 2.24) is 0 Å². The van der Waals surface area contributed by atoms with Gasteiger partial charge < -0.3 is 4.90 Å². The number of fused-ring (bicyclic) bond motifs is 2. The van der Waals surface area contributed by atoms with Crippen molar-refractivity contribution in [1.29, 1.82) is 0 Å². The molecule has 86 valence electrons. The predicted octanol–water partition coefficient (Wildman–Crippen LogP) is 1.37. The van der Waals surface area contributed by atoms with E-state index < -0.39 is 9.84 Å². The molecule has 2 saturated heterocycles. The zero-order valence-electron chi connectivity index (χ0n) is 9.26. The molecule has 0 amide bonds. The van der Waals surface area contributed by atoms with Crippen molar-refractivity contribution >= 4 is 15.5 Å². The number of nitrogens with zero attached hydrogens (tertiary/aromatic N) is 1. The number of rotatable bonds is 1. The third-order valence-electron chi connectivity index (χ3n) is 3.67. The van der Waals surface area contributed by atoms with E-state index in [9.17, 15) is 8.42 Å². The van der Waals surface area contributed by atoms with E-state index in [0.29, 0.717) is 12.3 Å². The minimum atomic E-state index is -2.78. The average molecular weight is 237 g/mol. The summed E-state index contributed by atoms with van der Waals surface area (Å²) >= 11 is 0. The molecule has 1 aromatic carbocycles. The van der Waals surface area contributed by atoms with Crippen LogP contribution in [0.5, 0.6) is 0 Å². The fourth-order valence-corrected chi connectivity index (χ4v) is 4.78. The van der Waals surface area contributed by atoms with Crippen molar-refractivity contribution in [2.75, 3.05) is 17.2 Å². The first-order chi connectivity index (χ1) is 7.56. The van der Waals surface area contributed by atoms with Gasteiger partial charge in [0.2, 0.25) is 0 Å². The maximum Gasteiger partial charge on any atom is 0.156 e. The normalized spacial score (nSPS) is 30.9. The Bertz CT molecular complexity index is 506. The lowest BCUT2D eigenvalue weighted by Gasteiger charge is -2.29. The highest BCUT2D eigenvalue weighted by Gasteiger charge is 2.48. The molecule has 2 fully saturated rings. The summed E-state index contributed by atoms with van der Waals surface area (Å²) in [5, 5.41) is -0.126. The van der Waals surface area contributed by atoms with E-state index >= 15 is 0 Å². The van der Waals surface area contributed by atoms with Crippen LogP contribution in [-0.2, 0) is 9.84 Å². The maximum absolute atomic E-state index is 11.6. The lowest BCUT2D eigenvalue weighted by atomic mass is 10.2. The van der Waals surface area contributed by atoms with Crippen molar-refractivity contribution < 1.29 is 8.42 Å². The number of sulfone groups is 1. The van der Waals surface area contributed by atoms with Crippen LogP contribution in [0.3, 0.4) is 0 Å². The first-order valence-corrected chi connectivity index (χ1v) is 7.33. The van der Waals surface area contributed by atoms with Gasteiger partial charge in [0.15, 0.2) is 9.84 Å². The third-order valence-corrected chi connectivity index (χ3v) is 5.88. The number of hydrogen-bond acceptors (Lipinski definition) is 3. The molecule has 16 heavy (non-hydrogen) atoms. The van der Waals surface area contributed by atoms with Crippen LogP contribution in [0.25, 0.3) is 0 Å². The Morgan fingerprint density at radius 3 is 2.44 bits per heavy atom. The fourth-order valence-electron chi connectivity index (χ4n) is 2.75. The van der Waals surface area contributed by atoms with Crippen LogP contribution < -0.4 is 4.90 Å². The lowest BCUT2D eigenvalue weighted by Crippen LogP contribution is -2.40. The molecule has 4 heteroatoms. The molecule has 2 aliphatic rings. The zero-order valence-corrected chi connectivity index (χ0v) is 10.1. The van der Waals surface area contributed by atoms with Crippen molar-refractivity contribution in [2.45, 2.75) is 24.6 Å². The number of hydrogen-bond donors (Lipinski definition) is 0. The SMILES string of the molecule is Cc1ccc(N2CC3CC2CS3(=O)=O)cc1. The van der Waals surface area contributed by atoms with Gasteiger partial charge in [-0.2, -0.15) is 0 Å². The smallest absolute Gasteiger partial charge is 0.156 e. The van der Waals surface area contributed by atoms with Crippen molar-refractivity contribution in [3.05, 3.63) is 29.8 Å². The van der Waals surface area contributed by atoms with Crippen molar-refractivity contribution in [3.63, 3.8) is 0 Å². The van der Waals surface area contributed by atoms with Gasteiger partial charge in [-0.3, -0.25) is 0 Å². The van der Waals surface area contributed by atoms with E-state index in [1.165, 1.54) is 5.56 Å². The molecule has 2 heterocycles. The highest BCUT2D eigenvalue weighted by Crippen LogP contribution is 2.36. The average Bonchev–Trinajstić information content (AvgIpc) is 2.74. The summed E-state index contributed by atoms with van der Waals surface area (Å²) < 4.78 is 23.3. The Labute approximate surface area is 96.0 Å². The first-order valence-electron chi connectivity index (χ1n) is 5.61. The van der Waals surface area contributed by atoms with Gasteiger partial charge in [0.1, 0.15) is 0 Å². The zero-order chi connectivity index (χ0) is 11.3. The molecule has 0 spiro atoms.